The summed E-state index contributed by atoms with van der Waals surface area (Å²) in [5, 5.41) is 2.52. The van der Waals surface area contributed by atoms with Crippen molar-refractivity contribution in [3.63, 3.8) is 0 Å². The maximum Gasteiger partial charge on any atom is 0.321 e. The van der Waals surface area contributed by atoms with Crippen molar-refractivity contribution in [3.8, 4) is 11.5 Å². The molecular formula is C22H26F2N2O3. The molecule has 2 amide bonds. The Morgan fingerprint density at radius 3 is 2.31 bits per heavy atom. The van der Waals surface area contributed by atoms with Gasteiger partial charge < -0.3 is 19.7 Å². The number of hydrogen-bond donors (Lipinski definition) is 1. The summed E-state index contributed by atoms with van der Waals surface area (Å²) in [5.41, 5.74) is 1.15. The number of carbonyl (C=O) groups is 1. The Bertz CT molecular complexity index is 830. The normalized spacial score (nSPS) is 14.6. The van der Waals surface area contributed by atoms with E-state index in [2.05, 4.69) is 5.32 Å². The number of ether oxygens (including phenoxy) is 2. The van der Waals surface area contributed by atoms with Gasteiger partial charge >= 0.3 is 6.03 Å². The minimum Gasteiger partial charge on any atom is -0.497 e. The van der Waals surface area contributed by atoms with Crippen molar-refractivity contribution in [2.75, 3.05) is 32.6 Å². The maximum absolute atomic E-state index is 13.7. The smallest absolute Gasteiger partial charge is 0.321 e. The van der Waals surface area contributed by atoms with Crippen molar-refractivity contribution in [3.05, 3.63) is 53.6 Å². The number of nitrogens with zero attached hydrogens (tertiary/aromatic N) is 1. The monoisotopic (exact) mass is 404 g/mol. The quantitative estimate of drug-likeness (QED) is 0.748. The van der Waals surface area contributed by atoms with Gasteiger partial charge in [0.2, 0.25) is 0 Å². The number of rotatable bonds is 6. The lowest BCUT2D eigenvalue weighted by Gasteiger charge is -2.32. The zero-order chi connectivity index (χ0) is 20.8. The summed E-state index contributed by atoms with van der Waals surface area (Å²) in [5.74, 6) is 0.619. The van der Waals surface area contributed by atoms with Crippen molar-refractivity contribution in [2.24, 2.45) is 5.92 Å². The van der Waals surface area contributed by atoms with Gasteiger partial charge in [-0.2, -0.15) is 0 Å². The van der Waals surface area contributed by atoms with E-state index in [1.807, 2.05) is 18.2 Å². The van der Waals surface area contributed by atoms with Crippen molar-refractivity contribution in [1.29, 1.82) is 0 Å². The van der Waals surface area contributed by atoms with Crippen LogP contribution in [0.1, 0.15) is 24.8 Å². The lowest BCUT2D eigenvalue weighted by molar-refractivity contribution is 0.180. The summed E-state index contributed by atoms with van der Waals surface area (Å²) in [6, 6.07) is 8.65. The highest BCUT2D eigenvalue weighted by molar-refractivity contribution is 5.89. The summed E-state index contributed by atoms with van der Waals surface area (Å²) in [4.78, 5) is 14.0. The first-order valence-electron chi connectivity index (χ1n) is 9.71. The van der Waals surface area contributed by atoms with Gasteiger partial charge in [0.1, 0.15) is 23.1 Å². The van der Waals surface area contributed by atoms with Gasteiger partial charge in [-0.05, 0) is 61.4 Å². The first-order chi connectivity index (χ1) is 14.0. The average Bonchev–Trinajstić information content (AvgIpc) is 2.74. The molecule has 1 N–H and O–H groups in total. The lowest BCUT2D eigenvalue weighted by atomic mass is 9.90. The molecule has 2 aromatic rings. The zero-order valence-corrected chi connectivity index (χ0v) is 16.7. The van der Waals surface area contributed by atoms with E-state index in [-0.39, 0.29) is 11.7 Å². The highest BCUT2D eigenvalue weighted by Gasteiger charge is 2.23. The fourth-order valence-electron chi connectivity index (χ4n) is 3.59. The molecule has 0 aliphatic carbocycles. The number of nitrogens with one attached hydrogen (secondary N) is 1. The fraction of sp³-hybridized carbons (Fsp3) is 0.409. The minimum absolute atomic E-state index is 0.00880. The van der Waals surface area contributed by atoms with Gasteiger partial charge in [0, 0.05) is 25.2 Å². The number of halogens is 2. The molecule has 0 atom stereocenters. The summed E-state index contributed by atoms with van der Waals surface area (Å²) in [6.45, 7) is 1.22. The number of methoxy groups -OCH3 is 2. The van der Waals surface area contributed by atoms with Crippen LogP contribution in [0.2, 0.25) is 0 Å². The van der Waals surface area contributed by atoms with E-state index >= 15 is 0 Å². The molecule has 29 heavy (non-hydrogen) atoms. The van der Waals surface area contributed by atoms with Gasteiger partial charge in [-0.3, -0.25) is 0 Å². The zero-order valence-electron chi connectivity index (χ0n) is 16.7. The SMILES string of the molecule is COc1cc(CCC2CCN(C(=O)Nc3ccc(F)cc3F)CC2)cc(OC)c1. The van der Waals surface area contributed by atoms with Gasteiger partial charge in [0.05, 0.1) is 19.9 Å². The Morgan fingerprint density at radius 1 is 1.07 bits per heavy atom. The molecule has 1 aliphatic heterocycles. The van der Waals surface area contributed by atoms with Crippen LogP contribution in [-0.2, 0) is 6.42 Å². The van der Waals surface area contributed by atoms with Crippen LogP contribution in [0.15, 0.2) is 36.4 Å². The molecule has 0 radical (unpaired) electrons. The number of aryl methyl sites for hydroxylation is 1. The van der Waals surface area contributed by atoms with E-state index in [0.29, 0.717) is 19.0 Å². The molecule has 1 saturated heterocycles. The third-order valence-electron chi connectivity index (χ3n) is 5.33. The second-order valence-electron chi connectivity index (χ2n) is 7.24. The van der Waals surface area contributed by atoms with Crippen molar-refractivity contribution in [1.82, 2.24) is 4.90 Å². The third kappa shape index (κ3) is 5.59. The molecule has 0 bridgehead atoms. The number of piperidine rings is 1. The van der Waals surface area contributed by atoms with E-state index in [9.17, 15) is 13.6 Å². The Balaban J connectivity index is 1.48. The Labute approximate surface area is 169 Å². The molecule has 3 rings (SSSR count). The number of amides is 2. The molecule has 0 saturated carbocycles. The summed E-state index contributed by atoms with van der Waals surface area (Å²) in [6.07, 6.45) is 3.70. The van der Waals surface area contributed by atoms with Crippen molar-refractivity contribution >= 4 is 11.7 Å². The van der Waals surface area contributed by atoms with E-state index in [4.69, 9.17) is 9.47 Å². The molecule has 1 fully saturated rings. The van der Waals surface area contributed by atoms with Crippen LogP contribution in [0.4, 0.5) is 19.3 Å². The van der Waals surface area contributed by atoms with Crippen molar-refractivity contribution in [2.45, 2.75) is 25.7 Å². The number of carbonyl (C=O) groups excluding carboxylic acids is 1. The number of benzene rings is 2. The average molecular weight is 404 g/mol. The second kappa shape index (κ2) is 9.58. The number of urea groups is 1. The first kappa shape index (κ1) is 20.9. The van der Waals surface area contributed by atoms with E-state index in [1.54, 1.807) is 19.1 Å². The minimum atomic E-state index is -0.776. The Kier molecular flexibility index (Phi) is 6.90. The number of anilines is 1. The molecule has 5 nitrogen and oxygen atoms in total. The van der Waals surface area contributed by atoms with E-state index < -0.39 is 11.6 Å². The molecule has 1 heterocycles. The van der Waals surface area contributed by atoms with Crippen LogP contribution in [0.25, 0.3) is 0 Å². The fourth-order valence-corrected chi connectivity index (χ4v) is 3.59. The van der Waals surface area contributed by atoms with Crippen molar-refractivity contribution < 1.29 is 23.0 Å². The lowest BCUT2D eigenvalue weighted by Crippen LogP contribution is -2.41. The molecule has 2 aromatic carbocycles. The van der Waals surface area contributed by atoms with E-state index in [0.717, 1.165) is 54.9 Å². The van der Waals surface area contributed by atoms with Crippen LogP contribution >= 0.6 is 0 Å². The van der Waals surface area contributed by atoms with Gasteiger partial charge in [0.25, 0.3) is 0 Å². The molecule has 0 spiro atoms. The highest BCUT2D eigenvalue weighted by atomic mass is 19.1. The molecule has 7 heteroatoms. The summed E-state index contributed by atoms with van der Waals surface area (Å²) < 4.78 is 37.3. The predicted octanol–water partition coefficient (Wildman–Crippen LogP) is 4.86. The standard InChI is InChI=1S/C22H26F2N2O3/c1-28-18-11-16(12-19(14-18)29-2)4-3-15-7-9-26(10-8-15)22(27)25-21-6-5-17(23)13-20(21)24/h5-6,11-15H,3-4,7-10H2,1-2H3,(H,25,27). The maximum atomic E-state index is 13.7. The van der Waals surface area contributed by atoms with Crippen LogP contribution in [-0.4, -0.2) is 38.2 Å². The van der Waals surface area contributed by atoms with Gasteiger partial charge in [-0.1, -0.05) is 0 Å². The van der Waals surface area contributed by atoms with Gasteiger partial charge in [0.15, 0.2) is 0 Å². The second-order valence-corrected chi connectivity index (χ2v) is 7.24. The van der Waals surface area contributed by atoms with Gasteiger partial charge in [-0.15, -0.1) is 0 Å². The molecule has 1 aliphatic rings. The van der Waals surface area contributed by atoms with Crippen LogP contribution in [0, 0.1) is 17.6 Å². The van der Waals surface area contributed by atoms with Crippen LogP contribution < -0.4 is 14.8 Å². The summed E-state index contributed by atoms with van der Waals surface area (Å²) >= 11 is 0. The third-order valence-corrected chi connectivity index (χ3v) is 5.33. The topological polar surface area (TPSA) is 50.8 Å². The largest absolute Gasteiger partial charge is 0.497 e. The Hall–Kier alpha value is -2.83. The molecular weight excluding hydrogens is 378 g/mol. The Morgan fingerprint density at radius 2 is 1.72 bits per heavy atom. The van der Waals surface area contributed by atoms with Gasteiger partial charge in [-0.25, -0.2) is 13.6 Å². The number of likely N-dealkylation sites (tertiary alicyclic amines) is 1. The first-order valence-corrected chi connectivity index (χ1v) is 9.71. The number of hydrogen-bond acceptors (Lipinski definition) is 3. The molecule has 0 unspecified atom stereocenters. The predicted molar refractivity (Wildman–Crippen MR) is 108 cm³/mol. The highest BCUT2D eigenvalue weighted by Crippen LogP contribution is 2.27. The molecule has 156 valence electrons. The molecule has 0 aromatic heterocycles. The van der Waals surface area contributed by atoms with Crippen LogP contribution in [0.5, 0.6) is 11.5 Å². The van der Waals surface area contributed by atoms with Crippen LogP contribution in [0.3, 0.4) is 0 Å². The summed E-state index contributed by atoms with van der Waals surface area (Å²) in [7, 11) is 3.27. The van der Waals surface area contributed by atoms with E-state index in [1.165, 1.54) is 6.07 Å².